The van der Waals surface area contributed by atoms with E-state index in [0.29, 0.717) is 12.5 Å². The van der Waals surface area contributed by atoms with E-state index in [0.717, 1.165) is 45.1 Å². The van der Waals surface area contributed by atoms with Crippen molar-refractivity contribution in [3.63, 3.8) is 0 Å². The van der Waals surface area contributed by atoms with Crippen LogP contribution in [-0.4, -0.2) is 24.8 Å². The molecule has 100 valence electrons. The lowest BCUT2D eigenvalue weighted by Gasteiger charge is -2.29. The quantitative estimate of drug-likeness (QED) is 0.506. The predicted octanol–water partition coefficient (Wildman–Crippen LogP) is 3.46. The van der Waals surface area contributed by atoms with Crippen LogP contribution >= 0.6 is 0 Å². The number of esters is 1. The summed E-state index contributed by atoms with van der Waals surface area (Å²) in [5.41, 5.74) is 0. The van der Waals surface area contributed by atoms with Gasteiger partial charge in [-0.05, 0) is 32.1 Å². The van der Waals surface area contributed by atoms with Crippen molar-refractivity contribution in [3.8, 4) is 0 Å². The molecule has 0 heterocycles. The van der Waals surface area contributed by atoms with Crippen LogP contribution < -0.4 is 0 Å². The Morgan fingerprint density at radius 1 is 1.18 bits per heavy atom. The lowest BCUT2D eigenvalue weighted by Crippen LogP contribution is -2.30. The maximum absolute atomic E-state index is 11.4. The summed E-state index contributed by atoms with van der Waals surface area (Å²) in [5, 5.41) is 0. The highest BCUT2D eigenvalue weighted by Crippen LogP contribution is 2.24. The molecule has 0 bridgehead atoms. The molecule has 0 aliphatic heterocycles. The van der Waals surface area contributed by atoms with Gasteiger partial charge in [-0.2, -0.15) is 0 Å². The average molecular weight is 242 g/mol. The van der Waals surface area contributed by atoms with Gasteiger partial charge < -0.3 is 9.47 Å². The number of unbranched alkanes of at least 4 members (excludes halogenated alkanes) is 1. The van der Waals surface area contributed by atoms with E-state index in [9.17, 15) is 4.79 Å². The number of hydrogen-bond acceptors (Lipinski definition) is 3. The van der Waals surface area contributed by atoms with Gasteiger partial charge >= 0.3 is 5.97 Å². The maximum atomic E-state index is 11.4. The molecule has 0 spiro atoms. The minimum atomic E-state index is -0.0493. The third kappa shape index (κ3) is 6.06. The monoisotopic (exact) mass is 242 g/mol. The van der Waals surface area contributed by atoms with E-state index >= 15 is 0 Å². The van der Waals surface area contributed by atoms with E-state index in [1.54, 1.807) is 0 Å². The van der Waals surface area contributed by atoms with E-state index in [1.807, 2.05) is 6.92 Å². The van der Waals surface area contributed by atoms with Crippen molar-refractivity contribution in [2.24, 2.45) is 0 Å². The standard InChI is InChI=1S/C14H26O3/c1-3-5-10-16-12-8-6-9-13(11-12)17-14(15)7-4-2/h12-13H,3-11H2,1-2H3. The molecular formula is C14H26O3. The fourth-order valence-corrected chi connectivity index (χ4v) is 2.20. The SMILES string of the molecule is CCCCOC1CCCC(OC(=O)CCC)C1. The summed E-state index contributed by atoms with van der Waals surface area (Å²) in [7, 11) is 0. The molecule has 0 aromatic carbocycles. The molecule has 1 fully saturated rings. The summed E-state index contributed by atoms with van der Waals surface area (Å²) in [6, 6.07) is 0. The first-order valence-electron chi connectivity index (χ1n) is 7.07. The predicted molar refractivity (Wildman–Crippen MR) is 67.9 cm³/mol. The summed E-state index contributed by atoms with van der Waals surface area (Å²) in [6.07, 6.45) is 8.21. The molecule has 1 aliphatic rings. The molecule has 1 rings (SSSR count). The van der Waals surface area contributed by atoms with Crippen LogP contribution in [0.1, 0.15) is 65.2 Å². The van der Waals surface area contributed by atoms with Crippen molar-refractivity contribution in [2.75, 3.05) is 6.61 Å². The minimum absolute atomic E-state index is 0.0493. The van der Waals surface area contributed by atoms with Crippen LogP contribution in [0, 0.1) is 0 Å². The van der Waals surface area contributed by atoms with E-state index < -0.39 is 0 Å². The van der Waals surface area contributed by atoms with Gasteiger partial charge in [0.05, 0.1) is 6.10 Å². The van der Waals surface area contributed by atoms with Gasteiger partial charge in [0.15, 0.2) is 0 Å². The van der Waals surface area contributed by atoms with Crippen LogP contribution in [0.2, 0.25) is 0 Å². The summed E-state index contributed by atoms with van der Waals surface area (Å²) in [5.74, 6) is -0.0493. The normalized spacial score (nSPS) is 24.6. The van der Waals surface area contributed by atoms with Gasteiger partial charge in [0.1, 0.15) is 6.10 Å². The largest absolute Gasteiger partial charge is 0.462 e. The van der Waals surface area contributed by atoms with Gasteiger partial charge in [0.2, 0.25) is 0 Å². The number of ether oxygens (including phenoxy) is 2. The molecule has 0 N–H and O–H groups in total. The first-order chi connectivity index (χ1) is 8.26. The third-order valence-electron chi connectivity index (χ3n) is 3.18. The topological polar surface area (TPSA) is 35.5 Å². The molecule has 0 radical (unpaired) electrons. The highest BCUT2D eigenvalue weighted by Gasteiger charge is 2.24. The fraction of sp³-hybridized carbons (Fsp3) is 0.929. The molecule has 3 nitrogen and oxygen atoms in total. The first-order valence-corrected chi connectivity index (χ1v) is 7.07. The Kier molecular flexibility index (Phi) is 7.25. The molecule has 2 atom stereocenters. The zero-order valence-electron chi connectivity index (χ0n) is 11.2. The van der Waals surface area contributed by atoms with E-state index in [2.05, 4.69) is 6.92 Å². The third-order valence-corrected chi connectivity index (χ3v) is 3.18. The van der Waals surface area contributed by atoms with Crippen molar-refractivity contribution in [1.29, 1.82) is 0 Å². The van der Waals surface area contributed by atoms with Gasteiger partial charge in [0, 0.05) is 19.4 Å². The van der Waals surface area contributed by atoms with Gasteiger partial charge in [0.25, 0.3) is 0 Å². The van der Waals surface area contributed by atoms with Crippen molar-refractivity contribution >= 4 is 5.97 Å². The lowest BCUT2D eigenvalue weighted by atomic mass is 9.95. The molecule has 0 aromatic rings. The second-order valence-electron chi connectivity index (χ2n) is 4.87. The Hall–Kier alpha value is -0.570. The molecule has 0 amide bonds. The molecule has 2 unspecified atom stereocenters. The molecule has 1 aliphatic carbocycles. The van der Waals surface area contributed by atoms with Gasteiger partial charge in [-0.3, -0.25) is 4.79 Å². The maximum Gasteiger partial charge on any atom is 0.306 e. The van der Waals surface area contributed by atoms with E-state index in [-0.39, 0.29) is 12.1 Å². The molecule has 0 aromatic heterocycles. The van der Waals surface area contributed by atoms with Crippen LogP contribution in [0.5, 0.6) is 0 Å². The molecule has 0 saturated heterocycles. The highest BCUT2D eigenvalue weighted by molar-refractivity contribution is 5.69. The Morgan fingerprint density at radius 3 is 2.65 bits per heavy atom. The fourth-order valence-electron chi connectivity index (χ4n) is 2.20. The van der Waals surface area contributed by atoms with Gasteiger partial charge in [-0.25, -0.2) is 0 Å². The van der Waals surface area contributed by atoms with Crippen LogP contribution in [0.3, 0.4) is 0 Å². The summed E-state index contributed by atoms with van der Waals surface area (Å²) in [6.45, 7) is 5.01. The number of hydrogen-bond donors (Lipinski definition) is 0. The summed E-state index contributed by atoms with van der Waals surface area (Å²) in [4.78, 5) is 11.4. The van der Waals surface area contributed by atoms with Crippen LogP contribution in [0.15, 0.2) is 0 Å². The molecular weight excluding hydrogens is 216 g/mol. The van der Waals surface area contributed by atoms with Gasteiger partial charge in [-0.15, -0.1) is 0 Å². The van der Waals surface area contributed by atoms with Crippen LogP contribution in [0.4, 0.5) is 0 Å². The Labute approximate surface area is 105 Å². The first kappa shape index (κ1) is 14.5. The smallest absolute Gasteiger partial charge is 0.306 e. The Bertz CT molecular complexity index is 216. The van der Waals surface area contributed by atoms with E-state index in [4.69, 9.17) is 9.47 Å². The van der Waals surface area contributed by atoms with Gasteiger partial charge in [-0.1, -0.05) is 20.3 Å². The zero-order chi connectivity index (χ0) is 12.5. The molecule has 1 saturated carbocycles. The zero-order valence-corrected chi connectivity index (χ0v) is 11.2. The number of rotatable bonds is 7. The van der Waals surface area contributed by atoms with Crippen LogP contribution in [0.25, 0.3) is 0 Å². The Balaban J connectivity index is 2.21. The summed E-state index contributed by atoms with van der Waals surface area (Å²) < 4.78 is 11.3. The average Bonchev–Trinajstić information content (AvgIpc) is 2.30. The van der Waals surface area contributed by atoms with Crippen molar-refractivity contribution < 1.29 is 14.3 Å². The van der Waals surface area contributed by atoms with Crippen molar-refractivity contribution in [3.05, 3.63) is 0 Å². The van der Waals surface area contributed by atoms with Crippen LogP contribution in [-0.2, 0) is 14.3 Å². The number of carbonyl (C=O) groups is 1. The molecule has 17 heavy (non-hydrogen) atoms. The van der Waals surface area contributed by atoms with Crippen molar-refractivity contribution in [1.82, 2.24) is 0 Å². The van der Waals surface area contributed by atoms with E-state index in [1.165, 1.54) is 6.42 Å². The lowest BCUT2D eigenvalue weighted by molar-refractivity contribution is -0.153. The highest BCUT2D eigenvalue weighted by atomic mass is 16.5. The second kappa shape index (κ2) is 8.51. The Morgan fingerprint density at radius 2 is 1.94 bits per heavy atom. The summed E-state index contributed by atoms with van der Waals surface area (Å²) >= 11 is 0. The van der Waals surface area contributed by atoms with Crippen molar-refractivity contribution in [2.45, 2.75) is 77.4 Å². The minimum Gasteiger partial charge on any atom is -0.462 e. The number of carbonyl (C=O) groups excluding carboxylic acids is 1. The second-order valence-corrected chi connectivity index (χ2v) is 4.87. The molecule has 3 heteroatoms.